The third-order valence-electron chi connectivity index (χ3n) is 1.000. The lowest BCUT2D eigenvalue weighted by Gasteiger charge is -2.23. The topological polar surface area (TPSA) is 46.5 Å². The van der Waals surface area contributed by atoms with Gasteiger partial charge in [-0.25, -0.2) is 0 Å². The molecule has 0 fully saturated rings. The smallest absolute Gasteiger partial charge is 0.284 e. The lowest BCUT2D eigenvalue weighted by atomic mass is 10.3. The Morgan fingerprint density at radius 3 is 2.45 bits per heavy atom. The van der Waals surface area contributed by atoms with Gasteiger partial charge in [0, 0.05) is 5.33 Å². The van der Waals surface area contributed by atoms with E-state index in [9.17, 15) is 4.21 Å². The van der Waals surface area contributed by atoms with Gasteiger partial charge in [0.1, 0.15) is 9.34 Å². The van der Waals surface area contributed by atoms with Gasteiger partial charge in [0.15, 0.2) is 0 Å². The van der Waals surface area contributed by atoms with E-state index in [-0.39, 0.29) is 0 Å². The lowest BCUT2D eigenvalue weighted by Crippen LogP contribution is -2.32. The average Bonchev–Trinajstić information content (AvgIpc) is 1.86. The van der Waals surface area contributed by atoms with Crippen molar-refractivity contribution in [2.24, 2.45) is 0 Å². The van der Waals surface area contributed by atoms with E-state index in [4.69, 9.17) is 4.55 Å². The first kappa shape index (κ1) is 12.5. The van der Waals surface area contributed by atoms with Crippen LogP contribution in [0.3, 0.4) is 0 Å². The molecule has 0 heterocycles. The molecule has 0 aromatic carbocycles. The molecule has 68 valence electrons. The zero-order valence-corrected chi connectivity index (χ0v) is 11.2. The molecule has 0 aromatic heterocycles. The SMILES string of the molecule is CC(OS(=O)O)C(Br)(Br)CBr. The van der Waals surface area contributed by atoms with Crippen LogP contribution in [0, 0.1) is 0 Å². The monoisotopic (exact) mass is 372 g/mol. The number of hydrogen-bond donors (Lipinski definition) is 1. The third-order valence-corrected chi connectivity index (χ3v) is 5.69. The maximum atomic E-state index is 10.2. The van der Waals surface area contributed by atoms with Gasteiger partial charge in [-0.3, -0.25) is 8.74 Å². The summed E-state index contributed by atoms with van der Waals surface area (Å²) < 4.78 is 22.7. The van der Waals surface area contributed by atoms with Crippen molar-refractivity contribution >= 4 is 59.2 Å². The molecule has 2 atom stereocenters. The Morgan fingerprint density at radius 2 is 2.18 bits per heavy atom. The fourth-order valence-electron chi connectivity index (χ4n) is 0.303. The summed E-state index contributed by atoms with van der Waals surface area (Å²) in [6.45, 7) is 1.68. The van der Waals surface area contributed by atoms with Crippen LogP contribution in [0.15, 0.2) is 0 Å². The third kappa shape index (κ3) is 4.94. The number of halogens is 3. The van der Waals surface area contributed by atoms with Crippen LogP contribution in [0.2, 0.25) is 0 Å². The van der Waals surface area contributed by atoms with Crippen LogP contribution < -0.4 is 0 Å². The molecule has 11 heavy (non-hydrogen) atoms. The average molecular weight is 375 g/mol. The van der Waals surface area contributed by atoms with E-state index in [1.165, 1.54) is 0 Å². The van der Waals surface area contributed by atoms with E-state index in [0.717, 1.165) is 0 Å². The second-order valence-electron chi connectivity index (χ2n) is 1.85. The van der Waals surface area contributed by atoms with Gasteiger partial charge in [-0.05, 0) is 6.92 Å². The number of alkyl halides is 3. The molecule has 0 aliphatic heterocycles. The Morgan fingerprint density at radius 1 is 1.73 bits per heavy atom. The summed E-state index contributed by atoms with van der Waals surface area (Å²) in [5, 5.41) is 0.568. The Bertz CT molecular complexity index is 152. The van der Waals surface area contributed by atoms with Crippen LogP contribution in [0.4, 0.5) is 0 Å². The maximum absolute atomic E-state index is 10.2. The quantitative estimate of drug-likeness (QED) is 0.607. The predicted molar refractivity (Wildman–Crippen MR) is 55.7 cm³/mol. The maximum Gasteiger partial charge on any atom is 0.302 e. The molecule has 0 radical (unpaired) electrons. The van der Waals surface area contributed by atoms with E-state index in [0.29, 0.717) is 5.33 Å². The molecule has 0 saturated heterocycles. The summed E-state index contributed by atoms with van der Waals surface area (Å²) >= 11 is 7.53. The van der Waals surface area contributed by atoms with Crippen LogP contribution in [0.25, 0.3) is 0 Å². The molecule has 0 aliphatic rings. The van der Waals surface area contributed by atoms with Gasteiger partial charge >= 0.3 is 11.4 Å². The van der Waals surface area contributed by atoms with Crippen LogP contribution in [0.5, 0.6) is 0 Å². The predicted octanol–water partition coefficient (Wildman–Crippen LogP) is 2.41. The van der Waals surface area contributed by atoms with Gasteiger partial charge in [0.25, 0.3) is 0 Å². The molecule has 0 spiro atoms. The van der Waals surface area contributed by atoms with Gasteiger partial charge in [0.2, 0.25) is 0 Å². The Kier molecular flexibility index (Phi) is 6.01. The number of hydrogen-bond acceptors (Lipinski definition) is 2. The van der Waals surface area contributed by atoms with E-state index >= 15 is 0 Å². The molecule has 0 bridgehead atoms. The van der Waals surface area contributed by atoms with Crippen molar-refractivity contribution in [2.45, 2.75) is 16.3 Å². The molecule has 0 aliphatic carbocycles. The molecule has 2 unspecified atom stereocenters. The summed E-state index contributed by atoms with van der Waals surface area (Å²) in [4.78, 5) is 0. The van der Waals surface area contributed by atoms with Crippen molar-refractivity contribution in [3.8, 4) is 0 Å². The standard InChI is InChI=1S/C4H7Br3O3S/c1-3(10-11(8)9)4(6,7)2-5/h3H,2H2,1H3,(H,8,9). The highest BCUT2D eigenvalue weighted by Gasteiger charge is 2.31. The van der Waals surface area contributed by atoms with Crippen molar-refractivity contribution in [1.82, 2.24) is 0 Å². The Hall–Kier alpha value is 1.51. The minimum Gasteiger partial charge on any atom is -0.284 e. The van der Waals surface area contributed by atoms with Gasteiger partial charge in [-0.1, -0.05) is 47.8 Å². The lowest BCUT2D eigenvalue weighted by molar-refractivity contribution is 0.220. The first-order valence-corrected chi connectivity index (χ1v) is 6.36. The fourth-order valence-corrected chi connectivity index (χ4v) is 1.60. The first-order valence-electron chi connectivity index (χ1n) is 2.62. The second-order valence-corrected chi connectivity index (χ2v) is 6.93. The molecular formula is C4H7Br3O3S. The van der Waals surface area contributed by atoms with Crippen LogP contribution >= 0.6 is 47.8 Å². The minimum atomic E-state index is -2.22. The van der Waals surface area contributed by atoms with Crippen LogP contribution in [-0.4, -0.2) is 23.4 Å². The van der Waals surface area contributed by atoms with Crippen LogP contribution in [-0.2, 0) is 15.5 Å². The highest BCUT2D eigenvalue weighted by atomic mass is 79.9. The molecule has 0 saturated carbocycles. The Balaban J connectivity index is 4.01. The summed E-state index contributed by atoms with van der Waals surface area (Å²) in [6.07, 6.45) is -0.410. The minimum absolute atomic E-state index is 0.410. The zero-order chi connectivity index (χ0) is 9.07. The fraction of sp³-hybridized carbons (Fsp3) is 1.00. The zero-order valence-electron chi connectivity index (χ0n) is 5.59. The van der Waals surface area contributed by atoms with Gasteiger partial charge < -0.3 is 0 Å². The molecule has 3 nitrogen and oxygen atoms in total. The first-order chi connectivity index (χ1) is 4.90. The van der Waals surface area contributed by atoms with E-state index in [1.807, 2.05) is 0 Å². The number of rotatable bonds is 4. The largest absolute Gasteiger partial charge is 0.302 e. The molecule has 0 rings (SSSR count). The van der Waals surface area contributed by atoms with Gasteiger partial charge in [-0.15, -0.1) is 0 Å². The molecule has 0 aromatic rings. The second kappa shape index (κ2) is 5.29. The van der Waals surface area contributed by atoms with Crippen molar-refractivity contribution in [1.29, 1.82) is 0 Å². The van der Waals surface area contributed by atoms with Crippen molar-refractivity contribution < 1.29 is 12.9 Å². The van der Waals surface area contributed by atoms with Crippen molar-refractivity contribution in [3.05, 3.63) is 0 Å². The van der Waals surface area contributed by atoms with Crippen molar-refractivity contribution in [3.63, 3.8) is 0 Å². The van der Waals surface area contributed by atoms with Crippen LogP contribution in [0.1, 0.15) is 6.92 Å². The summed E-state index contributed by atoms with van der Waals surface area (Å²) in [5.41, 5.74) is 0. The van der Waals surface area contributed by atoms with Gasteiger partial charge in [0.05, 0.1) is 0 Å². The molecule has 0 amide bonds. The van der Waals surface area contributed by atoms with E-state index in [2.05, 4.69) is 52.0 Å². The summed E-state index contributed by atoms with van der Waals surface area (Å²) in [6, 6.07) is 0. The summed E-state index contributed by atoms with van der Waals surface area (Å²) in [5.74, 6) is 0. The molecule has 7 heteroatoms. The Labute approximate surface area is 93.1 Å². The molecule has 1 N–H and O–H groups in total. The van der Waals surface area contributed by atoms with E-state index < -0.39 is 20.7 Å². The highest BCUT2D eigenvalue weighted by molar-refractivity contribution is 9.26. The van der Waals surface area contributed by atoms with Gasteiger partial charge in [-0.2, -0.15) is 4.21 Å². The van der Waals surface area contributed by atoms with Crippen molar-refractivity contribution in [2.75, 3.05) is 5.33 Å². The molecular weight excluding hydrogens is 368 g/mol. The van der Waals surface area contributed by atoms with E-state index in [1.54, 1.807) is 6.92 Å². The highest BCUT2D eigenvalue weighted by Crippen LogP contribution is 2.34. The summed E-state index contributed by atoms with van der Waals surface area (Å²) in [7, 11) is 0. The normalized spacial score (nSPS) is 17.9.